The second kappa shape index (κ2) is 8.91. The van der Waals surface area contributed by atoms with Gasteiger partial charge in [0, 0.05) is 21.9 Å². The Kier molecular flexibility index (Phi) is 5.61. The standard InChI is InChI=1S/C26H20N6O4/c1-13-3-9-19-17(11-13)21(25(35)27-19)29-31-23(33)15-5-7-16(8-6-15)24(34)32-30-22-18-12-14(2)4-10-20(18)28-26(22)36/h3-12,27-28,35-36H,1-2H3. The molecule has 10 heteroatoms. The third kappa shape index (κ3) is 4.23. The lowest BCUT2D eigenvalue weighted by Crippen LogP contribution is -1.97. The van der Waals surface area contributed by atoms with Crippen molar-refractivity contribution >= 4 is 45.0 Å². The van der Waals surface area contributed by atoms with Crippen LogP contribution in [0.25, 0.3) is 21.8 Å². The molecule has 3 aromatic carbocycles. The molecule has 36 heavy (non-hydrogen) atoms. The molecule has 0 spiro atoms. The number of nitrogens with one attached hydrogen (secondary N) is 2. The molecule has 2 aromatic heterocycles. The van der Waals surface area contributed by atoms with E-state index in [1.54, 1.807) is 12.1 Å². The Labute approximate surface area is 204 Å². The van der Waals surface area contributed by atoms with Crippen LogP contribution in [0.15, 0.2) is 81.1 Å². The number of amides is 2. The Hall–Kier alpha value is -5.12. The van der Waals surface area contributed by atoms with E-state index in [9.17, 15) is 19.8 Å². The fraction of sp³-hybridized carbons (Fsp3) is 0.0769. The van der Waals surface area contributed by atoms with Gasteiger partial charge in [0.2, 0.25) is 11.8 Å². The van der Waals surface area contributed by atoms with Gasteiger partial charge in [-0.1, -0.05) is 23.3 Å². The van der Waals surface area contributed by atoms with Crippen molar-refractivity contribution in [1.82, 2.24) is 9.97 Å². The van der Waals surface area contributed by atoms with Crippen molar-refractivity contribution in [2.24, 2.45) is 20.5 Å². The van der Waals surface area contributed by atoms with E-state index in [0.29, 0.717) is 21.8 Å². The minimum Gasteiger partial charge on any atom is -0.493 e. The number of nitrogens with zero attached hydrogens (tertiary/aromatic N) is 4. The first-order valence-electron chi connectivity index (χ1n) is 10.9. The largest absolute Gasteiger partial charge is 0.493 e. The summed E-state index contributed by atoms with van der Waals surface area (Å²) < 4.78 is 0. The molecule has 178 valence electrons. The molecule has 0 saturated heterocycles. The van der Waals surface area contributed by atoms with Gasteiger partial charge in [-0.15, -0.1) is 20.5 Å². The van der Waals surface area contributed by atoms with E-state index >= 15 is 0 Å². The summed E-state index contributed by atoms with van der Waals surface area (Å²) in [6.45, 7) is 3.81. The van der Waals surface area contributed by atoms with Gasteiger partial charge in [0.15, 0.2) is 11.4 Å². The quantitative estimate of drug-likeness (QED) is 0.216. The molecule has 0 aliphatic heterocycles. The number of aromatic amines is 2. The van der Waals surface area contributed by atoms with E-state index in [0.717, 1.165) is 11.1 Å². The molecule has 2 amide bonds. The number of aryl methyl sites for hydroxylation is 2. The van der Waals surface area contributed by atoms with E-state index in [1.807, 2.05) is 38.1 Å². The van der Waals surface area contributed by atoms with E-state index in [2.05, 4.69) is 30.4 Å². The molecular formula is C26H20N6O4. The lowest BCUT2D eigenvalue weighted by molar-refractivity contribution is 0.0983. The fourth-order valence-electron chi connectivity index (χ4n) is 3.82. The molecule has 0 aliphatic carbocycles. The first-order chi connectivity index (χ1) is 17.3. The summed E-state index contributed by atoms with van der Waals surface area (Å²) >= 11 is 0. The lowest BCUT2D eigenvalue weighted by Gasteiger charge is -1.98. The second-order valence-electron chi connectivity index (χ2n) is 8.33. The molecule has 0 unspecified atom stereocenters. The molecule has 2 heterocycles. The summed E-state index contributed by atoms with van der Waals surface area (Å²) in [7, 11) is 0. The van der Waals surface area contributed by atoms with Crippen LogP contribution in [-0.2, 0) is 0 Å². The molecule has 0 aliphatic rings. The number of H-pyrrole nitrogens is 2. The second-order valence-corrected chi connectivity index (χ2v) is 8.33. The Morgan fingerprint density at radius 2 is 1.03 bits per heavy atom. The van der Waals surface area contributed by atoms with Crippen LogP contribution in [0.2, 0.25) is 0 Å². The van der Waals surface area contributed by atoms with E-state index in [1.165, 1.54) is 24.3 Å². The van der Waals surface area contributed by atoms with Crippen LogP contribution < -0.4 is 0 Å². The summed E-state index contributed by atoms with van der Waals surface area (Å²) in [4.78, 5) is 30.6. The molecule has 0 bridgehead atoms. The summed E-state index contributed by atoms with van der Waals surface area (Å²) in [5.41, 5.74) is 4.03. The zero-order valence-electron chi connectivity index (χ0n) is 19.3. The number of carbonyl (C=O) groups is 2. The number of fused-ring (bicyclic) bond motifs is 2. The number of hydrogen-bond donors (Lipinski definition) is 4. The summed E-state index contributed by atoms with van der Waals surface area (Å²) in [5.74, 6) is -1.66. The Bertz CT molecular complexity index is 1580. The van der Waals surface area contributed by atoms with Crippen LogP contribution >= 0.6 is 0 Å². The summed E-state index contributed by atoms with van der Waals surface area (Å²) in [6, 6.07) is 16.7. The average molecular weight is 480 g/mol. The lowest BCUT2D eigenvalue weighted by atomic mass is 10.1. The molecule has 10 nitrogen and oxygen atoms in total. The van der Waals surface area contributed by atoms with Crippen molar-refractivity contribution in [2.75, 3.05) is 0 Å². The predicted octanol–water partition coefficient (Wildman–Crippen LogP) is 6.53. The molecular weight excluding hydrogens is 460 g/mol. The third-order valence-electron chi connectivity index (χ3n) is 5.68. The molecule has 0 atom stereocenters. The number of aromatic nitrogens is 2. The van der Waals surface area contributed by atoms with Gasteiger partial charge in [0.05, 0.1) is 11.0 Å². The Balaban J connectivity index is 1.33. The van der Waals surface area contributed by atoms with Gasteiger partial charge in [0.1, 0.15) is 0 Å². The number of hydrogen-bond acceptors (Lipinski definition) is 6. The first-order valence-corrected chi connectivity index (χ1v) is 10.9. The number of benzene rings is 3. The van der Waals surface area contributed by atoms with Gasteiger partial charge in [0.25, 0.3) is 11.8 Å². The molecule has 0 radical (unpaired) electrons. The van der Waals surface area contributed by atoms with Crippen molar-refractivity contribution < 1.29 is 19.8 Å². The van der Waals surface area contributed by atoms with Crippen molar-refractivity contribution in [3.63, 3.8) is 0 Å². The molecule has 5 rings (SSSR count). The molecule has 0 fully saturated rings. The summed E-state index contributed by atoms with van der Waals surface area (Å²) in [6.07, 6.45) is 0. The zero-order chi connectivity index (χ0) is 25.4. The zero-order valence-corrected chi connectivity index (χ0v) is 19.3. The number of carbonyl (C=O) groups excluding carboxylic acids is 2. The Morgan fingerprint density at radius 1 is 0.639 bits per heavy atom. The number of aromatic hydroxyl groups is 2. The Morgan fingerprint density at radius 3 is 1.42 bits per heavy atom. The number of azo groups is 2. The third-order valence-corrected chi connectivity index (χ3v) is 5.68. The fourth-order valence-corrected chi connectivity index (χ4v) is 3.82. The van der Waals surface area contributed by atoms with E-state index in [-0.39, 0.29) is 34.3 Å². The van der Waals surface area contributed by atoms with Crippen LogP contribution in [-0.4, -0.2) is 32.0 Å². The van der Waals surface area contributed by atoms with Crippen LogP contribution in [0.5, 0.6) is 11.8 Å². The highest BCUT2D eigenvalue weighted by molar-refractivity contribution is 6.00. The van der Waals surface area contributed by atoms with Crippen LogP contribution in [0, 0.1) is 13.8 Å². The van der Waals surface area contributed by atoms with Crippen LogP contribution in [0.1, 0.15) is 31.8 Å². The van der Waals surface area contributed by atoms with Crippen molar-refractivity contribution in [3.8, 4) is 11.8 Å². The molecule has 5 aromatic rings. The van der Waals surface area contributed by atoms with Crippen LogP contribution in [0.4, 0.5) is 11.4 Å². The minimum absolute atomic E-state index is 0.171. The molecule has 4 N–H and O–H groups in total. The maximum Gasteiger partial charge on any atom is 0.295 e. The van der Waals surface area contributed by atoms with Crippen LogP contribution in [0.3, 0.4) is 0 Å². The first kappa shape index (κ1) is 22.7. The van der Waals surface area contributed by atoms with Crippen molar-refractivity contribution in [3.05, 3.63) is 82.9 Å². The van der Waals surface area contributed by atoms with Gasteiger partial charge >= 0.3 is 0 Å². The monoisotopic (exact) mass is 480 g/mol. The summed E-state index contributed by atoms with van der Waals surface area (Å²) in [5, 5.41) is 36.8. The molecule has 0 saturated carbocycles. The van der Waals surface area contributed by atoms with Crippen molar-refractivity contribution in [2.45, 2.75) is 13.8 Å². The van der Waals surface area contributed by atoms with Gasteiger partial charge in [-0.25, -0.2) is 0 Å². The topological polar surface area (TPSA) is 156 Å². The predicted molar refractivity (Wildman–Crippen MR) is 134 cm³/mol. The SMILES string of the molecule is Cc1ccc2[nH]c(O)c(N=NC(=O)c3ccc(C(=O)N=Nc4c(O)[nH]c5ccc(C)cc45)cc3)c2c1. The van der Waals surface area contributed by atoms with Gasteiger partial charge < -0.3 is 20.2 Å². The van der Waals surface area contributed by atoms with E-state index in [4.69, 9.17) is 0 Å². The number of rotatable bonds is 4. The van der Waals surface area contributed by atoms with Crippen molar-refractivity contribution in [1.29, 1.82) is 0 Å². The van der Waals surface area contributed by atoms with Gasteiger partial charge in [-0.3, -0.25) is 9.59 Å². The van der Waals surface area contributed by atoms with E-state index < -0.39 is 11.8 Å². The highest BCUT2D eigenvalue weighted by Gasteiger charge is 2.14. The highest BCUT2D eigenvalue weighted by atomic mass is 16.3. The maximum absolute atomic E-state index is 12.5. The normalized spacial score (nSPS) is 11.8. The minimum atomic E-state index is -0.642. The van der Waals surface area contributed by atoms with Gasteiger partial charge in [-0.05, 0) is 62.4 Å². The highest BCUT2D eigenvalue weighted by Crippen LogP contribution is 2.37. The smallest absolute Gasteiger partial charge is 0.295 e. The maximum atomic E-state index is 12.5. The average Bonchev–Trinajstić information content (AvgIpc) is 3.35. The van der Waals surface area contributed by atoms with Gasteiger partial charge in [-0.2, -0.15) is 0 Å².